The van der Waals surface area contributed by atoms with Crippen molar-refractivity contribution in [2.45, 2.75) is 6.92 Å². The van der Waals surface area contributed by atoms with Gasteiger partial charge in [-0.15, -0.1) is 0 Å². The van der Waals surface area contributed by atoms with Crippen LogP contribution in [0.2, 0.25) is 0 Å². The minimum Gasteiger partial charge on any atom is -0.397 e. The van der Waals surface area contributed by atoms with Crippen LogP contribution >= 0.6 is 0 Å². The van der Waals surface area contributed by atoms with Gasteiger partial charge in [0.2, 0.25) is 0 Å². The summed E-state index contributed by atoms with van der Waals surface area (Å²) in [6.07, 6.45) is 3.36. The number of Topliss-reactive ketones (excluding diaryl/α,β-unsaturated/α-hetero) is 1. The molecule has 0 aliphatic rings. The molecule has 0 bridgehead atoms. The number of aryl methyl sites for hydroxylation is 2. The first-order valence-electron chi connectivity index (χ1n) is 5.79. The molecule has 2 aromatic rings. The van der Waals surface area contributed by atoms with Crippen LogP contribution in [0.5, 0.6) is 0 Å². The van der Waals surface area contributed by atoms with Gasteiger partial charge in [0, 0.05) is 33.4 Å². The first-order valence-corrected chi connectivity index (χ1v) is 5.79. The van der Waals surface area contributed by atoms with Crippen molar-refractivity contribution in [3.8, 4) is 0 Å². The molecule has 2 aromatic heterocycles. The third-order valence-electron chi connectivity index (χ3n) is 2.88. The third kappa shape index (κ3) is 2.52. The van der Waals surface area contributed by atoms with E-state index in [0.717, 1.165) is 0 Å². The number of carbonyl (C=O) groups is 2. The Morgan fingerprint density at radius 1 is 1.11 bits per heavy atom. The quantitative estimate of drug-likeness (QED) is 0.818. The van der Waals surface area contributed by atoms with E-state index in [1.165, 1.54) is 6.92 Å². The van der Waals surface area contributed by atoms with Gasteiger partial charge in [0.1, 0.15) is 5.69 Å². The van der Waals surface area contributed by atoms with Gasteiger partial charge < -0.3 is 20.2 Å². The van der Waals surface area contributed by atoms with Gasteiger partial charge in [-0.3, -0.25) is 9.59 Å². The predicted octanol–water partition coefficient (Wildman–Crippen LogP) is 1.40. The Hall–Kier alpha value is -2.50. The number of rotatable bonds is 3. The van der Waals surface area contributed by atoms with Crippen molar-refractivity contribution in [2.24, 2.45) is 14.1 Å². The molecular formula is C13H16N4O2. The fourth-order valence-electron chi connectivity index (χ4n) is 1.99. The van der Waals surface area contributed by atoms with Crippen molar-refractivity contribution in [1.29, 1.82) is 0 Å². The highest BCUT2D eigenvalue weighted by Gasteiger charge is 2.13. The first-order chi connectivity index (χ1) is 8.88. The Morgan fingerprint density at radius 3 is 2.21 bits per heavy atom. The molecule has 0 fully saturated rings. The Morgan fingerprint density at radius 2 is 1.74 bits per heavy atom. The van der Waals surface area contributed by atoms with Crippen molar-refractivity contribution < 1.29 is 9.59 Å². The van der Waals surface area contributed by atoms with Crippen LogP contribution in [0.1, 0.15) is 27.9 Å². The molecule has 0 aliphatic heterocycles. The number of nitrogen functional groups attached to an aromatic ring is 1. The SMILES string of the molecule is CC(=O)c1cc(NC(=O)c2cc(N)cn2C)cn1C. The number of carbonyl (C=O) groups excluding carboxylic acids is 2. The number of hydrogen-bond donors (Lipinski definition) is 2. The van der Waals surface area contributed by atoms with Crippen LogP contribution in [-0.2, 0) is 14.1 Å². The van der Waals surface area contributed by atoms with Crippen LogP contribution in [0, 0.1) is 0 Å². The minimum atomic E-state index is -0.264. The summed E-state index contributed by atoms with van der Waals surface area (Å²) >= 11 is 0. The molecule has 1 amide bonds. The van der Waals surface area contributed by atoms with Crippen LogP contribution in [0.3, 0.4) is 0 Å². The Balaban J connectivity index is 2.22. The van der Waals surface area contributed by atoms with E-state index >= 15 is 0 Å². The molecule has 19 heavy (non-hydrogen) atoms. The second-order valence-electron chi connectivity index (χ2n) is 4.50. The number of amides is 1. The van der Waals surface area contributed by atoms with E-state index in [4.69, 9.17) is 5.73 Å². The summed E-state index contributed by atoms with van der Waals surface area (Å²) in [6.45, 7) is 1.48. The minimum absolute atomic E-state index is 0.0499. The Bertz CT molecular complexity index is 652. The molecule has 0 radical (unpaired) electrons. The molecule has 6 heteroatoms. The summed E-state index contributed by atoms with van der Waals surface area (Å²) in [5.74, 6) is -0.314. The lowest BCUT2D eigenvalue weighted by atomic mass is 10.3. The van der Waals surface area contributed by atoms with E-state index in [0.29, 0.717) is 22.8 Å². The highest BCUT2D eigenvalue weighted by atomic mass is 16.2. The van der Waals surface area contributed by atoms with E-state index in [2.05, 4.69) is 5.32 Å². The lowest BCUT2D eigenvalue weighted by Crippen LogP contribution is -2.14. The standard InChI is InChI=1S/C13H16N4O2/c1-8(18)11-5-10(7-17(11)3)15-13(19)12-4-9(14)6-16(12)2/h4-7H,14H2,1-3H3,(H,15,19). The van der Waals surface area contributed by atoms with Crippen molar-refractivity contribution in [2.75, 3.05) is 11.1 Å². The number of nitrogens with two attached hydrogens (primary N) is 1. The van der Waals surface area contributed by atoms with Gasteiger partial charge in [-0.1, -0.05) is 0 Å². The second-order valence-corrected chi connectivity index (χ2v) is 4.50. The molecule has 0 saturated heterocycles. The van der Waals surface area contributed by atoms with Gasteiger partial charge in [0.15, 0.2) is 5.78 Å². The van der Waals surface area contributed by atoms with E-state index in [9.17, 15) is 9.59 Å². The van der Waals surface area contributed by atoms with Crippen molar-refractivity contribution in [3.63, 3.8) is 0 Å². The largest absolute Gasteiger partial charge is 0.397 e. The smallest absolute Gasteiger partial charge is 0.272 e. The molecular weight excluding hydrogens is 244 g/mol. The van der Waals surface area contributed by atoms with E-state index < -0.39 is 0 Å². The normalized spacial score (nSPS) is 10.5. The number of ketones is 1. The average Bonchev–Trinajstić information content (AvgIpc) is 2.81. The highest BCUT2D eigenvalue weighted by Crippen LogP contribution is 2.16. The molecule has 0 aromatic carbocycles. The fraction of sp³-hybridized carbons (Fsp3) is 0.231. The van der Waals surface area contributed by atoms with E-state index in [1.54, 1.807) is 47.8 Å². The molecule has 0 unspecified atom stereocenters. The van der Waals surface area contributed by atoms with Crippen LogP contribution < -0.4 is 11.1 Å². The lowest BCUT2D eigenvalue weighted by molar-refractivity contribution is 0.1000. The predicted molar refractivity (Wildman–Crippen MR) is 73.2 cm³/mol. The Labute approximate surface area is 110 Å². The van der Waals surface area contributed by atoms with Crippen LogP contribution in [0.25, 0.3) is 0 Å². The third-order valence-corrected chi connectivity index (χ3v) is 2.88. The summed E-state index contributed by atoms with van der Waals surface area (Å²) < 4.78 is 3.33. The number of hydrogen-bond acceptors (Lipinski definition) is 3. The van der Waals surface area contributed by atoms with Gasteiger partial charge in [-0.25, -0.2) is 0 Å². The van der Waals surface area contributed by atoms with Gasteiger partial charge in [0.05, 0.1) is 17.1 Å². The van der Waals surface area contributed by atoms with Crippen molar-refractivity contribution in [3.05, 3.63) is 35.9 Å². The van der Waals surface area contributed by atoms with E-state index in [-0.39, 0.29) is 11.7 Å². The van der Waals surface area contributed by atoms with Crippen molar-refractivity contribution >= 4 is 23.1 Å². The number of nitrogens with one attached hydrogen (secondary N) is 1. The van der Waals surface area contributed by atoms with Crippen LogP contribution in [0.4, 0.5) is 11.4 Å². The van der Waals surface area contributed by atoms with E-state index in [1.807, 2.05) is 0 Å². The number of anilines is 2. The summed E-state index contributed by atoms with van der Waals surface area (Å²) in [5, 5.41) is 2.74. The molecule has 0 atom stereocenters. The number of nitrogens with zero attached hydrogens (tertiary/aromatic N) is 2. The zero-order valence-corrected chi connectivity index (χ0v) is 11.1. The fourth-order valence-corrected chi connectivity index (χ4v) is 1.99. The van der Waals surface area contributed by atoms with Gasteiger partial charge in [-0.05, 0) is 12.1 Å². The van der Waals surface area contributed by atoms with Gasteiger partial charge >= 0.3 is 0 Å². The van der Waals surface area contributed by atoms with Crippen LogP contribution in [-0.4, -0.2) is 20.8 Å². The lowest BCUT2D eigenvalue weighted by Gasteiger charge is -2.03. The topological polar surface area (TPSA) is 82.1 Å². The van der Waals surface area contributed by atoms with Crippen LogP contribution in [0.15, 0.2) is 24.5 Å². The molecule has 100 valence electrons. The van der Waals surface area contributed by atoms with Gasteiger partial charge in [-0.2, -0.15) is 0 Å². The van der Waals surface area contributed by atoms with Gasteiger partial charge in [0.25, 0.3) is 5.91 Å². The molecule has 0 aliphatic carbocycles. The molecule has 0 saturated carbocycles. The second kappa shape index (κ2) is 4.64. The summed E-state index contributed by atoms with van der Waals surface area (Å²) in [4.78, 5) is 23.4. The Kier molecular flexibility index (Phi) is 3.16. The van der Waals surface area contributed by atoms with Crippen molar-refractivity contribution in [1.82, 2.24) is 9.13 Å². The molecule has 6 nitrogen and oxygen atoms in total. The molecule has 2 heterocycles. The zero-order chi connectivity index (χ0) is 14.2. The molecule has 3 N–H and O–H groups in total. The monoisotopic (exact) mass is 260 g/mol. The number of aromatic nitrogens is 2. The molecule has 0 spiro atoms. The average molecular weight is 260 g/mol. The maximum Gasteiger partial charge on any atom is 0.272 e. The maximum absolute atomic E-state index is 12.1. The first kappa shape index (κ1) is 12.9. The zero-order valence-electron chi connectivity index (χ0n) is 11.1. The highest BCUT2D eigenvalue weighted by molar-refractivity contribution is 6.04. The molecule has 2 rings (SSSR count). The maximum atomic E-state index is 12.1. The summed E-state index contributed by atoms with van der Waals surface area (Å²) in [7, 11) is 3.50. The summed E-state index contributed by atoms with van der Waals surface area (Å²) in [6, 6.07) is 3.25. The summed E-state index contributed by atoms with van der Waals surface area (Å²) in [5.41, 5.74) is 7.75.